The maximum Gasteiger partial charge on any atom is 0.222 e. The Kier molecular flexibility index (Phi) is 4.65. The van der Waals surface area contributed by atoms with Crippen molar-refractivity contribution >= 4 is 5.91 Å². The molecule has 3 aliphatic rings. The van der Waals surface area contributed by atoms with E-state index in [0.29, 0.717) is 18.0 Å². The Morgan fingerprint density at radius 2 is 1.65 bits per heavy atom. The Hall–Kier alpha value is -0.570. The summed E-state index contributed by atoms with van der Waals surface area (Å²) in [7, 11) is 2.23. The van der Waals surface area contributed by atoms with Gasteiger partial charge in [-0.15, -0.1) is 0 Å². The van der Waals surface area contributed by atoms with Crippen molar-refractivity contribution in [1.29, 1.82) is 0 Å². The number of hydrogen-bond donors (Lipinski definition) is 0. The Balaban J connectivity index is 1.52. The van der Waals surface area contributed by atoms with Crippen molar-refractivity contribution in [1.82, 2.24) is 9.80 Å². The van der Waals surface area contributed by atoms with Crippen LogP contribution < -0.4 is 0 Å². The molecule has 20 heavy (non-hydrogen) atoms. The van der Waals surface area contributed by atoms with Gasteiger partial charge in [-0.3, -0.25) is 4.79 Å². The molecule has 3 nitrogen and oxygen atoms in total. The molecule has 3 rings (SSSR count). The molecule has 0 radical (unpaired) electrons. The number of likely N-dealkylation sites (tertiary alicyclic amines) is 2. The van der Waals surface area contributed by atoms with E-state index in [1.54, 1.807) is 0 Å². The van der Waals surface area contributed by atoms with E-state index < -0.39 is 0 Å². The van der Waals surface area contributed by atoms with Gasteiger partial charge in [-0.1, -0.05) is 25.7 Å². The van der Waals surface area contributed by atoms with E-state index in [9.17, 15) is 4.79 Å². The number of likely N-dealkylation sites (N-methyl/N-ethyl adjacent to an activating group) is 1. The topological polar surface area (TPSA) is 23.6 Å². The summed E-state index contributed by atoms with van der Waals surface area (Å²) in [6.07, 6.45) is 12.5. The number of rotatable bonds is 4. The van der Waals surface area contributed by atoms with Crippen LogP contribution in [0.4, 0.5) is 0 Å². The Morgan fingerprint density at radius 1 is 0.950 bits per heavy atom. The van der Waals surface area contributed by atoms with Gasteiger partial charge < -0.3 is 9.80 Å². The van der Waals surface area contributed by atoms with Crippen LogP contribution in [0.5, 0.6) is 0 Å². The van der Waals surface area contributed by atoms with Crippen LogP contribution in [-0.4, -0.2) is 47.9 Å². The molecule has 2 aliphatic heterocycles. The van der Waals surface area contributed by atoms with Gasteiger partial charge in [0.1, 0.15) is 0 Å². The fourth-order valence-corrected chi connectivity index (χ4v) is 4.69. The minimum atomic E-state index is 0.444. The van der Waals surface area contributed by atoms with E-state index in [1.807, 2.05) is 0 Å². The van der Waals surface area contributed by atoms with Crippen LogP contribution in [0.2, 0.25) is 0 Å². The maximum atomic E-state index is 12.6. The molecule has 0 aromatic rings. The summed E-state index contributed by atoms with van der Waals surface area (Å²) in [6.45, 7) is 2.23. The van der Waals surface area contributed by atoms with Crippen molar-refractivity contribution in [3.8, 4) is 0 Å². The molecule has 3 heteroatoms. The second-order valence-corrected chi connectivity index (χ2v) is 7.18. The van der Waals surface area contributed by atoms with Gasteiger partial charge in [0.05, 0.1) is 0 Å². The molecule has 2 atom stereocenters. The van der Waals surface area contributed by atoms with Crippen molar-refractivity contribution in [3.63, 3.8) is 0 Å². The molecular weight excluding hydrogens is 248 g/mol. The van der Waals surface area contributed by atoms with E-state index in [2.05, 4.69) is 16.8 Å². The van der Waals surface area contributed by atoms with E-state index in [0.717, 1.165) is 25.3 Å². The third-order valence-corrected chi connectivity index (χ3v) is 5.88. The zero-order valence-corrected chi connectivity index (χ0v) is 13.0. The summed E-state index contributed by atoms with van der Waals surface area (Å²) in [4.78, 5) is 17.3. The smallest absolute Gasteiger partial charge is 0.222 e. The first-order chi connectivity index (χ1) is 9.75. The quantitative estimate of drug-likeness (QED) is 0.789. The zero-order chi connectivity index (χ0) is 13.9. The lowest BCUT2D eigenvalue weighted by Gasteiger charge is -2.33. The highest BCUT2D eigenvalue weighted by Gasteiger charge is 2.38. The minimum absolute atomic E-state index is 0.444. The van der Waals surface area contributed by atoms with E-state index in [4.69, 9.17) is 0 Å². The van der Waals surface area contributed by atoms with Crippen molar-refractivity contribution < 1.29 is 4.79 Å². The molecule has 0 aromatic carbocycles. The molecule has 2 heterocycles. The second kappa shape index (κ2) is 6.46. The highest BCUT2D eigenvalue weighted by molar-refractivity contribution is 5.77. The van der Waals surface area contributed by atoms with Crippen molar-refractivity contribution in [3.05, 3.63) is 0 Å². The molecule has 0 spiro atoms. The first kappa shape index (κ1) is 14.4. The average Bonchev–Trinajstić information content (AvgIpc) is 3.16. The van der Waals surface area contributed by atoms with Gasteiger partial charge in [0, 0.05) is 25.0 Å². The SMILES string of the molecule is CN1CCC[C@H]1[C@@H]1CCCN1C(=O)CCC1CCCC1. The summed E-state index contributed by atoms with van der Waals surface area (Å²) < 4.78 is 0. The van der Waals surface area contributed by atoms with E-state index in [-0.39, 0.29) is 0 Å². The van der Waals surface area contributed by atoms with Crippen molar-refractivity contribution in [2.45, 2.75) is 76.3 Å². The number of hydrogen-bond acceptors (Lipinski definition) is 2. The first-order valence-electron chi connectivity index (χ1n) is 8.75. The van der Waals surface area contributed by atoms with Crippen LogP contribution >= 0.6 is 0 Å². The van der Waals surface area contributed by atoms with Gasteiger partial charge in [0.15, 0.2) is 0 Å². The lowest BCUT2D eigenvalue weighted by atomic mass is 10.00. The van der Waals surface area contributed by atoms with Crippen molar-refractivity contribution in [2.24, 2.45) is 5.92 Å². The fraction of sp³-hybridized carbons (Fsp3) is 0.941. The third-order valence-electron chi connectivity index (χ3n) is 5.88. The van der Waals surface area contributed by atoms with Gasteiger partial charge in [0.2, 0.25) is 5.91 Å². The van der Waals surface area contributed by atoms with Crippen LogP contribution in [0, 0.1) is 5.92 Å². The number of carbonyl (C=O) groups excluding carboxylic acids is 1. The summed E-state index contributed by atoms with van der Waals surface area (Å²) in [5.74, 6) is 1.29. The Labute approximate surface area is 123 Å². The minimum Gasteiger partial charge on any atom is -0.338 e. The largest absolute Gasteiger partial charge is 0.338 e. The van der Waals surface area contributed by atoms with E-state index in [1.165, 1.54) is 57.9 Å². The highest BCUT2D eigenvalue weighted by Crippen LogP contribution is 2.32. The molecule has 3 fully saturated rings. The molecule has 1 saturated carbocycles. The van der Waals surface area contributed by atoms with Gasteiger partial charge in [-0.2, -0.15) is 0 Å². The van der Waals surface area contributed by atoms with Crippen LogP contribution in [-0.2, 0) is 4.79 Å². The summed E-state index contributed by atoms with van der Waals surface area (Å²) >= 11 is 0. The molecule has 0 unspecified atom stereocenters. The molecule has 1 amide bonds. The van der Waals surface area contributed by atoms with Gasteiger partial charge >= 0.3 is 0 Å². The predicted molar refractivity (Wildman–Crippen MR) is 81.6 cm³/mol. The lowest BCUT2D eigenvalue weighted by molar-refractivity contribution is -0.133. The summed E-state index contributed by atoms with van der Waals surface area (Å²) in [5.41, 5.74) is 0. The van der Waals surface area contributed by atoms with Gasteiger partial charge in [0.25, 0.3) is 0 Å². The number of nitrogens with zero attached hydrogens (tertiary/aromatic N) is 2. The second-order valence-electron chi connectivity index (χ2n) is 7.18. The molecule has 0 aromatic heterocycles. The summed E-state index contributed by atoms with van der Waals surface area (Å²) in [5, 5.41) is 0. The number of amides is 1. The monoisotopic (exact) mass is 278 g/mol. The predicted octanol–water partition coefficient (Wildman–Crippen LogP) is 3.04. The van der Waals surface area contributed by atoms with Gasteiger partial charge in [-0.05, 0) is 51.6 Å². The average molecular weight is 278 g/mol. The normalized spacial score (nSPS) is 32.4. The molecule has 114 valence electrons. The Morgan fingerprint density at radius 3 is 2.35 bits per heavy atom. The van der Waals surface area contributed by atoms with Crippen LogP contribution in [0.1, 0.15) is 64.2 Å². The zero-order valence-electron chi connectivity index (χ0n) is 13.0. The molecule has 1 aliphatic carbocycles. The first-order valence-corrected chi connectivity index (χ1v) is 8.75. The van der Waals surface area contributed by atoms with Crippen molar-refractivity contribution in [2.75, 3.05) is 20.1 Å². The number of carbonyl (C=O) groups is 1. The third kappa shape index (κ3) is 3.03. The summed E-state index contributed by atoms with van der Waals surface area (Å²) in [6, 6.07) is 1.14. The van der Waals surface area contributed by atoms with Gasteiger partial charge in [-0.25, -0.2) is 0 Å². The molecule has 0 N–H and O–H groups in total. The highest BCUT2D eigenvalue weighted by atomic mass is 16.2. The van der Waals surface area contributed by atoms with Crippen LogP contribution in [0.3, 0.4) is 0 Å². The lowest BCUT2D eigenvalue weighted by Crippen LogP contribution is -2.47. The standard InChI is InChI=1S/C17H30N2O/c1-18-12-4-8-15(18)16-9-5-13-19(16)17(20)11-10-14-6-2-3-7-14/h14-16H,2-13H2,1H3/t15-,16-/m0/s1. The maximum absolute atomic E-state index is 12.6. The molecular formula is C17H30N2O. The fourth-order valence-electron chi connectivity index (χ4n) is 4.69. The van der Waals surface area contributed by atoms with E-state index >= 15 is 0 Å². The molecule has 2 saturated heterocycles. The van der Waals surface area contributed by atoms with Crippen LogP contribution in [0.15, 0.2) is 0 Å². The Bertz CT molecular complexity index is 338. The van der Waals surface area contributed by atoms with Crippen LogP contribution in [0.25, 0.3) is 0 Å². The molecule has 0 bridgehead atoms.